The molecule has 2 rings (SSSR count). The summed E-state index contributed by atoms with van der Waals surface area (Å²) in [5, 5.41) is 3.33. The summed E-state index contributed by atoms with van der Waals surface area (Å²) in [5.74, 6) is 0.844. The van der Waals surface area contributed by atoms with E-state index in [1.807, 2.05) is 36.4 Å². The highest BCUT2D eigenvalue weighted by molar-refractivity contribution is 9.10. The Bertz CT molecular complexity index is 552. The molecule has 0 atom stereocenters. The van der Waals surface area contributed by atoms with Crippen LogP contribution >= 0.6 is 15.9 Å². The van der Waals surface area contributed by atoms with Gasteiger partial charge in [0.05, 0.1) is 12.8 Å². The number of ether oxygens (including phenoxy) is 1. The van der Waals surface area contributed by atoms with Gasteiger partial charge in [0.1, 0.15) is 5.75 Å². The first-order chi connectivity index (χ1) is 9.29. The molecule has 3 heteroatoms. The summed E-state index contributed by atoms with van der Waals surface area (Å²) in [6.45, 7) is 0.752. The highest BCUT2D eigenvalue weighted by Gasteiger charge is 2.01. The van der Waals surface area contributed by atoms with E-state index in [2.05, 4.69) is 45.5 Å². The van der Waals surface area contributed by atoms with Gasteiger partial charge in [0.15, 0.2) is 0 Å². The molecule has 1 N–H and O–H groups in total. The minimum atomic E-state index is 0.752. The Morgan fingerprint density at radius 1 is 1.16 bits per heavy atom. The van der Waals surface area contributed by atoms with Crippen molar-refractivity contribution < 1.29 is 4.74 Å². The molecule has 0 unspecified atom stereocenters. The molecule has 0 aliphatic carbocycles. The van der Waals surface area contributed by atoms with Crippen LogP contribution in [-0.2, 0) is 0 Å². The van der Waals surface area contributed by atoms with Gasteiger partial charge in [0, 0.05) is 11.0 Å². The summed E-state index contributed by atoms with van der Waals surface area (Å²) >= 11 is 3.46. The van der Waals surface area contributed by atoms with Crippen molar-refractivity contribution in [2.45, 2.75) is 0 Å². The Kier molecular flexibility index (Phi) is 5.04. The number of rotatable bonds is 5. The number of nitrogens with one attached hydrogen (secondary N) is 1. The third kappa shape index (κ3) is 4.14. The number of benzene rings is 2. The summed E-state index contributed by atoms with van der Waals surface area (Å²) < 4.78 is 6.34. The van der Waals surface area contributed by atoms with Crippen LogP contribution < -0.4 is 10.1 Å². The van der Waals surface area contributed by atoms with Crippen LogP contribution in [0.3, 0.4) is 0 Å². The van der Waals surface area contributed by atoms with Crippen molar-refractivity contribution in [3.63, 3.8) is 0 Å². The SMILES string of the molecule is COc1ccc(Br)cc1NCC=Cc1ccccc1. The Morgan fingerprint density at radius 3 is 2.68 bits per heavy atom. The summed E-state index contributed by atoms with van der Waals surface area (Å²) in [4.78, 5) is 0. The van der Waals surface area contributed by atoms with Crippen LogP contribution in [0.4, 0.5) is 5.69 Å². The topological polar surface area (TPSA) is 21.3 Å². The van der Waals surface area contributed by atoms with Gasteiger partial charge in [0.2, 0.25) is 0 Å². The van der Waals surface area contributed by atoms with Crippen LogP contribution in [0.1, 0.15) is 5.56 Å². The van der Waals surface area contributed by atoms with E-state index in [4.69, 9.17) is 4.74 Å². The molecule has 0 fully saturated rings. The van der Waals surface area contributed by atoms with Gasteiger partial charge >= 0.3 is 0 Å². The predicted molar refractivity (Wildman–Crippen MR) is 84.7 cm³/mol. The molecule has 0 aliphatic heterocycles. The average molecular weight is 318 g/mol. The van der Waals surface area contributed by atoms with E-state index in [9.17, 15) is 0 Å². The van der Waals surface area contributed by atoms with Gasteiger partial charge < -0.3 is 10.1 Å². The number of methoxy groups -OCH3 is 1. The number of anilines is 1. The number of hydrogen-bond acceptors (Lipinski definition) is 2. The number of hydrogen-bond donors (Lipinski definition) is 1. The molecule has 2 aromatic rings. The van der Waals surface area contributed by atoms with Crippen LogP contribution in [0.15, 0.2) is 59.1 Å². The zero-order chi connectivity index (χ0) is 13.5. The lowest BCUT2D eigenvalue weighted by Gasteiger charge is -2.09. The molecule has 0 aromatic heterocycles. The molecular formula is C16H16BrNO. The fourth-order valence-corrected chi connectivity index (χ4v) is 2.11. The van der Waals surface area contributed by atoms with Crippen molar-refractivity contribution in [1.29, 1.82) is 0 Å². The third-order valence-corrected chi connectivity index (χ3v) is 3.18. The average Bonchev–Trinajstić information content (AvgIpc) is 2.45. The zero-order valence-corrected chi connectivity index (χ0v) is 12.4. The summed E-state index contributed by atoms with van der Waals surface area (Å²) in [7, 11) is 1.67. The van der Waals surface area contributed by atoms with Crippen LogP contribution in [0.2, 0.25) is 0 Å². The van der Waals surface area contributed by atoms with Crippen LogP contribution in [0, 0.1) is 0 Å². The molecule has 19 heavy (non-hydrogen) atoms. The fraction of sp³-hybridized carbons (Fsp3) is 0.125. The van der Waals surface area contributed by atoms with E-state index in [0.717, 1.165) is 22.5 Å². The molecule has 0 saturated heterocycles. The molecule has 2 aromatic carbocycles. The Labute approximate surface area is 122 Å². The lowest BCUT2D eigenvalue weighted by Crippen LogP contribution is -2.00. The first kappa shape index (κ1) is 13.7. The molecular weight excluding hydrogens is 302 g/mol. The third-order valence-electron chi connectivity index (χ3n) is 2.68. The second-order valence-corrected chi connectivity index (χ2v) is 4.95. The Morgan fingerprint density at radius 2 is 1.95 bits per heavy atom. The van der Waals surface area contributed by atoms with Gasteiger partial charge in [0.25, 0.3) is 0 Å². The van der Waals surface area contributed by atoms with Crippen LogP contribution in [-0.4, -0.2) is 13.7 Å². The highest BCUT2D eigenvalue weighted by atomic mass is 79.9. The second kappa shape index (κ2) is 7.00. The fourth-order valence-electron chi connectivity index (χ4n) is 1.75. The van der Waals surface area contributed by atoms with Crippen molar-refractivity contribution in [3.8, 4) is 5.75 Å². The van der Waals surface area contributed by atoms with E-state index in [0.29, 0.717) is 0 Å². The normalized spacial score (nSPS) is 10.6. The lowest BCUT2D eigenvalue weighted by atomic mass is 10.2. The summed E-state index contributed by atoms with van der Waals surface area (Å²) in [6.07, 6.45) is 4.19. The maximum absolute atomic E-state index is 5.31. The van der Waals surface area contributed by atoms with Gasteiger partial charge in [-0.25, -0.2) is 0 Å². The second-order valence-electron chi connectivity index (χ2n) is 4.04. The Hall–Kier alpha value is -1.74. The Balaban J connectivity index is 1.96. The largest absolute Gasteiger partial charge is 0.495 e. The molecule has 0 amide bonds. The van der Waals surface area contributed by atoms with Crippen molar-refractivity contribution in [2.75, 3.05) is 19.0 Å². The van der Waals surface area contributed by atoms with Crippen molar-refractivity contribution in [3.05, 3.63) is 64.6 Å². The lowest BCUT2D eigenvalue weighted by molar-refractivity contribution is 0.416. The van der Waals surface area contributed by atoms with Gasteiger partial charge in [-0.1, -0.05) is 58.4 Å². The van der Waals surface area contributed by atoms with Gasteiger partial charge in [-0.05, 0) is 23.8 Å². The minimum absolute atomic E-state index is 0.752. The van der Waals surface area contributed by atoms with Crippen molar-refractivity contribution in [1.82, 2.24) is 0 Å². The monoisotopic (exact) mass is 317 g/mol. The molecule has 98 valence electrons. The molecule has 0 radical (unpaired) electrons. The van der Waals surface area contributed by atoms with E-state index in [1.165, 1.54) is 5.56 Å². The summed E-state index contributed by atoms with van der Waals surface area (Å²) in [6, 6.07) is 16.1. The first-order valence-electron chi connectivity index (χ1n) is 6.08. The van der Waals surface area contributed by atoms with Gasteiger partial charge in [-0.3, -0.25) is 0 Å². The van der Waals surface area contributed by atoms with Crippen molar-refractivity contribution in [2.24, 2.45) is 0 Å². The van der Waals surface area contributed by atoms with Gasteiger partial charge in [-0.2, -0.15) is 0 Å². The zero-order valence-electron chi connectivity index (χ0n) is 10.8. The smallest absolute Gasteiger partial charge is 0.142 e. The maximum Gasteiger partial charge on any atom is 0.142 e. The first-order valence-corrected chi connectivity index (χ1v) is 6.88. The van der Waals surface area contributed by atoms with E-state index < -0.39 is 0 Å². The van der Waals surface area contributed by atoms with Crippen LogP contribution in [0.25, 0.3) is 6.08 Å². The minimum Gasteiger partial charge on any atom is -0.495 e. The molecule has 0 spiro atoms. The molecule has 0 bridgehead atoms. The molecule has 0 aliphatic rings. The number of halogens is 1. The van der Waals surface area contributed by atoms with E-state index in [1.54, 1.807) is 7.11 Å². The van der Waals surface area contributed by atoms with Gasteiger partial charge in [-0.15, -0.1) is 0 Å². The van der Waals surface area contributed by atoms with Crippen LogP contribution in [0.5, 0.6) is 5.75 Å². The maximum atomic E-state index is 5.31. The van der Waals surface area contributed by atoms with E-state index >= 15 is 0 Å². The van der Waals surface area contributed by atoms with E-state index in [-0.39, 0.29) is 0 Å². The van der Waals surface area contributed by atoms with Crippen molar-refractivity contribution >= 4 is 27.7 Å². The predicted octanol–water partition coefficient (Wildman–Crippen LogP) is 4.58. The molecule has 2 nitrogen and oxygen atoms in total. The quantitative estimate of drug-likeness (QED) is 0.871. The molecule has 0 heterocycles. The highest BCUT2D eigenvalue weighted by Crippen LogP contribution is 2.27. The molecule has 0 saturated carbocycles. The standard InChI is InChI=1S/C16H16BrNO/c1-19-16-10-9-14(17)12-15(16)18-11-5-8-13-6-3-2-4-7-13/h2-10,12,18H,11H2,1H3. The summed E-state index contributed by atoms with van der Waals surface area (Å²) in [5.41, 5.74) is 2.18.